The molecule has 0 amide bonds. The summed E-state index contributed by atoms with van der Waals surface area (Å²) in [5.41, 5.74) is 8.45. The topological polar surface area (TPSA) is 93.8 Å². The van der Waals surface area contributed by atoms with Crippen molar-refractivity contribution in [3.05, 3.63) is 10.4 Å². The molecule has 7 nitrogen and oxygen atoms in total. The lowest BCUT2D eigenvalue weighted by atomic mass is 9.86. The van der Waals surface area contributed by atoms with E-state index in [2.05, 4.69) is 15.2 Å². The molecule has 1 unspecified atom stereocenters. The van der Waals surface area contributed by atoms with Crippen LogP contribution in [0.5, 0.6) is 0 Å². The second-order valence-corrected chi connectivity index (χ2v) is 3.72. The summed E-state index contributed by atoms with van der Waals surface area (Å²) in [6.45, 7) is 1.34. The molecule has 1 atom stereocenters. The highest BCUT2D eigenvalue weighted by Crippen LogP contribution is 2.27. The first-order chi connectivity index (χ1) is 7.18. The zero-order valence-corrected chi connectivity index (χ0v) is 8.92. The standard InChI is InChI=1S/C8H15N5O2/c1-13-3-7(11-15-2)8(5-13,6-14)4-10-12-9/h14H,3-6H2,1-2H3/b11-7-. The summed E-state index contributed by atoms with van der Waals surface area (Å²) >= 11 is 0. The van der Waals surface area contributed by atoms with Crippen LogP contribution in [0.3, 0.4) is 0 Å². The number of azide groups is 1. The molecule has 0 radical (unpaired) electrons. The summed E-state index contributed by atoms with van der Waals surface area (Å²) in [6, 6.07) is 0. The van der Waals surface area contributed by atoms with Crippen LogP contribution in [0.4, 0.5) is 0 Å². The summed E-state index contributed by atoms with van der Waals surface area (Å²) in [6.07, 6.45) is 0. The summed E-state index contributed by atoms with van der Waals surface area (Å²) in [5, 5.41) is 16.8. The number of aliphatic hydroxyl groups excluding tert-OH is 1. The molecule has 1 rings (SSSR count). The Labute approximate surface area is 87.9 Å². The number of hydrogen-bond acceptors (Lipinski definition) is 5. The van der Waals surface area contributed by atoms with E-state index in [1.165, 1.54) is 7.11 Å². The predicted octanol–water partition coefficient (Wildman–Crippen LogP) is 0.223. The molecular weight excluding hydrogens is 198 g/mol. The SMILES string of the molecule is CO/N=C1/CN(C)CC1(CO)CN=[N+]=[N-]. The van der Waals surface area contributed by atoms with Gasteiger partial charge in [-0.15, -0.1) is 0 Å². The molecule has 84 valence electrons. The van der Waals surface area contributed by atoms with E-state index in [4.69, 9.17) is 10.4 Å². The van der Waals surface area contributed by atoms with E-state index in [-0.39, 0.29) is 13.2 Å². The van der Waals surface area contributed by atoms with Crippen LogP contribution in [0.15, 0.2) is 10.3 Å². The molecule has 1 N–H and O–H groups in total. The van der Waals surface area contributed by atoms with Crippen molar-refractivity contribution in [2.24, 2.45) is 15.7 Å². The zero-order valence-electron chi connectivity index (χ0n) is 8.92. The van der Waals surface area contributed by atoms with Gasteiger partial charge in [0.15, 0.2) is 0 Å². The van der Waals surface area contributed by atoms with E-state index in [1.54, 1.807) is 0 Å². The number of aliphatic hydroxyl groups is 1. The summed E-state index contributed by atoms with van der Waals surface area (Å²) in [7, 11) is 3.37. The molecule has 1 aliphatic rings. The van der Waals surface area contributed by atoms with Gasteiger partial charge in [-0.3, -0.25) is 4.90 Å². The van der Waals surface area contributed by atoms with Gasteiger partial charge in [-0.05, 0) is 12.6 Å². The van der Waals surface area contributed by atoms with Crippen LogP contribution in [0.1, 0.15) is 0 Å². The third kappa shape index (κ3) is 2.38. The second-order valence-electron chi connectivity index (χ2n) is 3.72. The second kappa shape index (κ2) is 4.97. The van der Waals surface area contributed by atoms with Crippen molar-refractivity contribution in [1.82, 2.24) is 4.90 Å². The van der Waals surface area contributed by atoms with Crippen molar-refractivity contribution in [3.63, 3.8) is 0 Å². The van der Waals surface area contributed by atoms with Gasteiger partial charge in [0.1, 0.15) is 7.11 Å². The van der Waals surface area contributed by atoms with Gasteiger partial charge in [-0.2, -0.15) is 0 Å². The molecule has 1 fully saturated rings. The highest BCUT2D eigenvalue weighted by atomic mass is 16.6. The van der Waals surface area contributed by atoms with E-state index < -0.39 is 5.41 Å². The normalized spacial score (nSPS) is 29.1. The van der Waals surface area contributed by atoms with Gasteiger partial charge >= 0.3 is 0 Å². The first-order valence-corrected chi connectivity index (χ1v) is 4.59. The van der Waals surface area contributed by atoms with Crippen molar-refractivity contribution < 1.29 is 9.94 Å². The Morgan fingerprint density at radius 1 is 1.73 bits per heavy atom. The van der Waals surface area contributed by atoms with Gasteiger partial charge < -0.3 is 9.94 Å². The van der Waals surface area contributed by atoms with Crippen molar-refractivity contribution in [2.45, 2.75) is 0 Å². The Bertz CT molecular complexity index is 299. The molecule has 0 bridgehead atoms. The number of nitrogens with zero attached hydrogens (tertiary/aromatic N) is 5. The maximum atomic E-state index is 9.41. The Balaban J connectivity index is 2.93. The first kappa shape index (κ1) is 11.8. The van der Waals surface area contributed by atoms with Crippen LogP contribution < -0.4 is 0 Å². The van der Waals surface area contributed by atoms with Gasteiger partial charge in [0.2, 0.25) is 0 Å². The molecule has 7 heteroatoms. The van der Waals surface area contributed by atoms with Gasteiger partial charge in [0, 0.05) is 24.5 Å². The number of hydrogen-bond donors (Lipinski definition) is 1. The molecular formula is C8H15N5O2. The lowest BCUT2D eigenvalue weighted by Gasteiger charge is -2.24. The monoisotopic (exact) mass is 213 g/mol. The van der Waals surface area contributed by atoms with Gasteiger partial charge in [-0.25, -0.2) is 0 Å². The quantitative estimate of drug-likeness (QED) is 0.313. The van der Waals surface area contributed by atoms with E-state index in [1.807, 2.05) is 11.9 Å². The number of oxime groups is 1. The van der Waals surface area contributed by atoms with Crippen LogP contribution in [0.2, 0.25) is 0 Å². The largest absolute Gasteiger partial charge is 0.399 e. The molecule has 1 heterocycles. The molecule has 0 saturated carbocycles. The van der Waals surface area contributed by atoms with Crippen LogP contribution in [0, 0.1) is 5.41 Å². The molecule has 0 aromatic rings. The van der Waals surface area contributed by atoms with E-state index >= 15 is 0 Å². The fraction of sp³-hybridized carbons (Fsp3) is 0.875. The van der Waals surface area contributed by atoms with Gasteiger partial charge in [0.25, 0.3) is 0 Å². The molecule has 0 aromatic carbocycles. The van der Waals surface area contributed by atoms with Crippen molar-refractivity contribution >= 4 is 5.71 Å². The molecule has 0 spiro atoms. The Hall–Kier alpha value is -1.30. The van der Waals surface area contributed by atoms with Crippen molar-refractivity contribution in [1.29, 1.82) is 0 Å². The lowest BCUT2D eigenvalue weighted by molar-refractivity contribution is 0.167. The van der Waals surface area contributed by atoms with Crippen molar-refractivity contribution in [2.75, 3.05) is 40.4 Å². The Morgan fingerprint density at radius 3 is 3.00 bits per heavy atom. The maximum Gasteiger partial charge on any atom is 0.106 e. The van der Waals surface area contributed by atoms with Crippen LogP contribution >= 0.6 is 0 Å². The Morgan fingerprint density at radius 2 is 2.47 bits per heavy atom. The maximum absolute atomic E-state index is 9.41. The third-order valence-electron chi connectivity index (χ3n) is 2.55. The summed E-state index contributed by atoms with van der Waals surface area (Å²) in [4.78, 5) is 9.44. The van der Waals surface area contributed by atoms with Crippen LogP contribution in [-0.4, -0.2) is 56.1 Å². The molecule has 15 heavy (non-hydrogen) atoms. The minimum Gasteiger partial charge on any atom is -0.399 e. The van der Waals surface area contributed by atoms with Gasteiger partial charge in [0.05, 0.1) is 17.7 Å². The molecule has 1 aliphatic heterocycles. The molecule has 0 aliphatic carbocycles. The van der Waals surface area contributed by atoms with E-state index in [0.29, 0.717) is 13.1 Å². The highest BCUT2D eigenvalue weighted by Gasteiger charge is 2.42. The van der Waals surface area contributed by atoms with E-state index in [9.17, 15) is 5.11 Å². The Kier molecular flexibility index (Phi) is 3.90. The average molecular weight is 213 g/mol. The fourth-order valence-corrected chi connectivity index (χ4v) is 1.82. The predicted molar refractivity (Wildman–Crippen MR) is 55.5 cm³/mol. The fourth-order valence-electron chi connectivity index (χ4n) is 1.82. The smallest absolute Gasteiger partial charge is 0.106 e. The minimum atomic E-state index is -0.586. The van der Waals surface area contributed by atoms with E-state index in [0.717, 1.165) is 5.71 Å². The summed E-state index contributed by atoms with van der Waals surface area (Å²) in [5.74, 6) is 0. The average Bonchev–Trinajstić information content (AvgIpc) is 2.53. The first-order valence-electron chi connectivity index (χ1n) is 4.59. The summed E-state index contributed by atoms with van der Waals surface area (Å²) < 4.78 is 0. The lowest BCUT2D eigenvalue weighted by Crippen LogP contribution is -2.37. The zero-order chi connectivity index (χ0) is 11.3. The van der Waals surface area contributed by atoms with Crippen molar-refractivity contribution in [3.8, 4) is 0 Å². The number of rotatable bonds is 4. The number of likely N-dealkylation sites (tertiary alicyclic amines) is 1. The minimum absolute atomic E-state index is 0.0987. The van der Waals surface area contributed by atoms with Gasteiger partial charge in [-0.1, -0.05) is 10.3 Å². The highest BCUT2D eigenvalue weighted by molar-refractivity contribution is 5.94. The van der Waals surface area contributed by atoms with Crippen LogP contribution in [-0.2, 0) is 4.84 Å². The third-order valence-corrected chi connectivity index (χ3v) is 2.55. The molecule has 1 saturated heterocycles. The molecule has 0 aromatic heterocycles. The van der Waals surface area contributed by atoms with Crippen LogP contribution in [0.25, 0.3) is 10.4 Å².